The van der Waals surface area contributed by atoms with Crippen LogP contribution in [0.5, 0.6) is 5.75 Å². The molecule has 1 amide bonds. The minimum Gasteiger partial charge on any atom is -0.497 e. The van der Waals surface area contributed by atoms with Crippen molar-refractivity contribution in [2.24, 2.45) is 0 Å². The van der Waals surface area contributed by atoms with Crippen LogP contribution in [0, 0.1) is 0 Å². The molecule has 2 aromatic heterocycles. The number of methoxy groups -OCH3 is 1. The van der Waals surface area contributed by atoms with Crippen molar-refractivity contribution in [1.82, 2.24) is 19.9 Å². The highest BCUT2D eigenvalue weighted by molar-refractivity contribution is 8.00. The molecular weight excluding hydrogens is 384 g/mol. The fourth-order valence-electron chi connectivity index (χ4n) is 2.93. The minimum absolute atomic E-state index is 0.0515. The van der Waals surface area contributed by atoms with E-state index < -0.39 is 0 Å². The minimum atomic E-state index is -0.0515. The molecule has 0 aliphatic carbocycles. The van der Waals surface area contributed by atoms with Crippen molar-refractivity contribution >= 4 is 23.2 Å². The summed E-state index contributed by atoms with van der Waals surface area (Å²) in [6, 6.07) is 19.6. The van der Waals surface area contributed by atoms with Crippen molar-refractivity contribution in [2.75, 3.05) is 12.9 Å². The van der Waals surface area contributed by atoms with E-state index in [0.29, 0.717) is 6.54 Å². The van der Waals surface area contributed by atoms with Crippen molar-refractivity contribution in [2.45, 2.75) is 11.6 Å². The first-order valence-corrected chi connectivity index (χ1v) is 10.1. The molecule has 0 aliphatic heterocycles. The fourth-order valence-corrected chi connectivity index (χ4v) is 3.73. The van der Waals surface area contributed by atoms with Crippen molar-refractivity contribution in [3.8, 4) is 17.0 Å². The molecule has 7 heteroatoms. The van der Waals surface area contributed by atoms with Gasteiger partial charge in [-0.1, -0.05) is 54.2 Å². The van der Waals surface area contributed by atoms with Gasteiger partial charge in [-0.2, -0.15) is 5.10 Å². The second kappa shape index (κ2) is 8.79. The molecule has 0 fully saturated rings. The molecule has 4 rings (SSSR count). The molecule has 0 saturated heterocycles. The van der Waals surface area contributed by atoms with E-state index >= 15 is 0 Å². The number of nitrogens with one attached hydrogen (secondary N) is 1. The van der Waals surface area contributed by atoms with Crippen molar-refractivity contribution < 1.29 is 9.53 Å². The van der Waals surface area contributed by atoms with Crippen molar-refractivity contribution in [1.29, 1.82) is 0 Å². The summed E-state index contributed by atoms with van der Waals surface area (Å²) in [5, 5.41) is 8.32. The Morgan fingerprint density at radius 1 is 1.14 bits per heavy atom. The summed E-state index contributed by atoms with van der Waals surface area (Å²) in [6.07, 6.45) is 3.51. The summed E-state index contributed by atoms with van der Waals surface area (Å²) in [5.41, 5.74) is 3.80. The molecule has 2 heterocycles. The molecule has 0 atom stereocenters. The van der Waals surface area contributed by atoms with E-state index in [0.717, 1.165) is 33.1 Å². The summed E-state index contributed by atoms with van der Waals surface area (Å²) in [5.74, 6) is 1.00. The lowest BCUT2D eigenvalue weighted by atomic mass is 10.1. The zero-order chi connectivity index (χ0) is 20.1. The van der Waals surface area contributed by atoms with Crippen LogP contribution in [-0.2, 0) is 11.3 Å². The maximum absolute atomic E-state index is 12.3. The van der Waals surface area contributed by atoms with Crippen molar-refractivity contribution in [3.63, 3.8) is 0 Å². The molecule has 29 heavy (non-hydrogen) atoms. The Balaban J connectivity index is 1.41. The van der Waals surface area contributed by atoms with Gasteiger partial charge in [0.05, 0.1) is 24.1 Å². The number of ether oxygens (including phenoxy) is 1. The monoisotopic (exact) mass is 404 g/mol. The van der Waals surface area contributed by atoms with Crippen LogP contribution in [0.4, 0.5) is 0 Å². The van der Waals surface area contributed by atoms with Gasteiger partial charge in [-0.05, 0) is 23.8 Å². The van der Waals surface area contributed by atoms with Gasteiger partial charge >= 0.3 is 0 Å². The fraction of sp³-hybridized carbons (Fsp3) is 0.136. The van der Waals surface area contributed by atoms with E-state index in [-0.39, 0.29) is 11.7 Å². The molecule has 0 unspecified atom stereocenters. The van der Waals surface area contributed by atoms with Gasteiger partial charge in [0, 0.05) is 24.5 Å². The Hall–Kier alpha value is -3.32. The molecule has 6 nitrogen and oxygen atoms in total. The average molecular weight is 404 g/mol. The number of carbonyl (C=O) groups excluding carboxylic acids is 1. The van der Waals surface area contributed by atoms with E-state index in [9.17, 15) is 4.79 Å². The van der Waals surface area contributed by atoms with E-state index in [1.165, 1.54) is 11.8 Å². The summed E-state index contributed by atoms with van der Waals surface area (Å²) < 4.78 is 7.01. The topological polar surface area (TPSA) is 68.5 Å². The molecule has 0 saturated carbocycles. The summed E-state index contributed by atoms with van der Waals surface area (Å²) >= 11 is 1.40. The lowest BCUT2D eigenvalue weighted by Crippen LogP contribution is -2.24. The number of nitrogens with zero attached hydrogens (tertiary/aromatic N) is 3. The highest BCUT2D eigenvalue weighted by Gasteiger charge is 2.11. The summed E-state index contributed by atoms with van der Waals surface area (Å²) in [6.45, 7) is 0.457. The molecule has 1 N–H and O–H groups in total. The lowest BCUT2D eigenvalue weighted by Gasteiger charge is -2.07. The number of fused-ring (bicyclic) bond motifs is 1. The number of carbonyl (C=O) groups is 1. The molecule has 2 aromatic carbocycles. The first-order chi connectivity index (χ1) is 14.2. The van der Waals surface area contributed by atoms with Gasteiger partial charge in [0.1, 0.15) is 10.8 Å². The first kappa shape index (κ1) is 19.0. The molecule has 146 valence electrons. The summed E-state index contributed by atoms with van der Waals surface area (Å²) in [4.78, 5) is 16.7. The van der Waals surface area contributed by atoms with Gasteiger partial charge in [0.25, 0.3) is 0 Å². The number of rotatable bonds is 7. The van der Waals surface area contributed by atoms with Gasteiger partial charge < -0.3 is 10.1 Å². The normalized spacial score (nSPS) is 10.8. The van der Waals surface area contributed by atoms with Gasteiger partial charge in [-0.3, -0.25) is 4.79 Å². The van der Waals surface area contributed by atoms with Crippen LogP contribution in [0.2, 0.25) is 0 Å². The van der Waals surface area contributed by atoms with Crippen molar-refractivity contribution in [3.05, 3.63) is 78.6 Å². The predicted molar refractivity (Wildman–Crippen MR) is 114 cm³/mol. The maximum atomic E-state index is 12.3. The number of amides is 1. The molecule has 0 bridgehead atoms. The Kier molecular flexibility index (Phi) is 5.76. The van der Waals surface area contributed by atoms with E-state index in [1.807, 2.05) is 66.9 Å². The third kappa shape index (κ3) is 4.57. The van der Waals surface area contributed by atoms with Crippen LogP contribution < -0.4 is 10.1 Å². The third-order valence-electron chi connectivity index (χ3n) is 4.39. The van der Waals surface area contributed by atoms with E-state index in [1.54, 1.807) is 17.8 Å². The largest absolute Gasteiger partial charge is 0.497 e. The molecule has 4 aromatic rings. The Morgan fingerprint density at radius 2 is 2.00 bits per heavy atom. The Bertz CT molecular complexity index is 1130. The van der Waals surface area contributed by atoms with Gasteiger partial charge in [0.15, 0.2) is 0 Å². The second-order valence-corrected chi connectivity index (χ2v) is 7.34. The first-order valence-electron chi connectivity index (χ1n) is 9.15. The standard InChI is InChI=1S/C22H20N4O2S/c1-28-18-9-5-6-16(12-18)14-24-21(27)15-29-22-20-13-19(17-7-3-2-4-8-17)25-26(20)11-10-23-22/h2-13H,14-15H2,1H3,(H,24,27). The van der Waals surface area contributed by atoms with E-state index in [2.05, 4.69) is 15.4 Å². The predicted octanol–water partition coefficient (Wildman–Crippen LogP) is 3.81. The molecule has 0 aliphatic rings. The third-order valence-corrected chi connectivity index (χ3v) is 5.38. The van der Waals surface area contributed by atoms with Crippen LogP contribution in [-0.4, -0.2) is 33.4 Å². The zero-order valence-corrected chi connectivity index (χ0v) is 16.7. The Morgan fingerprint density at radius 3 is 2.83 bits per heavy atom. The quantitative estimate of drug-likeness (QED) is 0.475. The van der Waals surface area contributed by atoms with Crippen LogP contribution >= 0.6 is 11.8 Å². The smallest absolute Gasteiger partial charge is 0.230 e. The number of aromatic nitrogens is 3. The summed E-state index contributed by atoms with van der Waals surface area (Å²) in [7, 11) is 1.63. The highest BCUT2D eigenvalue weighted by atomic mass is 32.2. The maximum Gasteiger partial charge on any atom is 0.230 e. The van der Waals surface area contributed by atoms with Crippen LogP contribution in [0.25, 0.3) is 16.8 Å². The lowest BCUT2D eigenvalue weighted by molar-refractivity contribution is -0.118. The number of hydrogen-bond acceptors (Lipinski definition) is 5. The van der Waals surface area contributed by atoms with Gasteiger partial charge in [-0.25, -0.2) is 9.50 Å². The van der Waals surface area contributed by atoms with Crippen LogP contribution in [0.3, 0.4) is 0 Å². The number of hydrogen-bond donors (Lipinski definition) is 1. The SMILES string of the molecule is COc1cccc(CNC(=O)CSc2nccn3nc(-c4ccccc4)cc23)c1. The van der Waals surface area contributed by atoms with E-state index in [4.69, 9.17) is 4.74 Å². The van der Waals surface area contributed by atoms with Gasteiger partial charge in [-0.15, -0.1) is 0 Å². The van der Waals surface area contributed by atoms with Gasteiger partial charge in [0.2, 0.25) is 5.91 Å². The molecule has 0 spiro atoms. The van der Waals surface area contributed by atoms with Crippen LogP contribution in [0.1, 0.15) is 5.56 Å². The average Bonchev–Trinajstić information content (AvgIpc) is 3.22. The second-order valence-electron chi connectivity index (χ2n) is 6.37. The zero-order valence-electron chi connectivity index (χ0n) is 15.9. The number of thioether (sulfide) groups is 1. The molecular formula is C22H20N4O2S. The highest BCUT2D eigenvalue weighted by Crippen LogP contribution is 2.25. The van der Waals surface area contributed by atoms with Crippen LogP contribution in [0.15, 0.2) is 78.1 Å². The Labute approximate surface area is 172 Å². The molecule has 0 radical (unpaired) electrons. The number of benzene rings is 2.